The predicted octanol–water partition coefficient (Wildman–Crippen LogP) is 5.08. The average molecular weight is 397 g/mol. The van der Waals surface area contributed by atoms with E-state index in [0.717, 1.165) is 33.2 Å². The number of carbonyl (C=O) groups excluding carboxylic acids is 1. The van der Waals surface area contributed by atoms with Crippen molar-refractivity contribution in [1.29, 1.82) is 0 Å². The maximum absolute atomic E-state index is 12.9. The van der Waals surface area contributed by atoms with Gasteiger partial charge >= 0.3 is 0 Å². The molecule has 6 heteroatoms. The van der Waals surface area contributed by atoms with Gasteiger partial charge in [0.25, 0.3) is 5.91 Å². The third kappa shape index (κ3) is 4.75. The number of carbonyl (C=O) groups is 1. The van der Waals surface area contributed by atoms with Crippen molar-refractivity contribution in [3.05, 3.63) is 76.7 Å². The minimum atomic E-state index is -0.183. The summed E-state index contributed by atoms with van der Waals surface area (Å²) in [4.78, 5) is 13.8. The van der Waals surface area contributed by atoms with Crippen molar-refractivity contribution in [2.75, 3.05) is 7.11 Å². The third-order valence-corrected chi connectivity index (χ3v) is 5.47. The fourth-order valence-electron chi connectivity index (χ4n) is 2.96. The number of nitrogens with zero attached hydrogens (tertiary/aromatic N) is 1. The summed E-state index contributed by atoms with van der Waals surface area (Å²) in [5, 5.41) is 6.99. The van der Waals surface area contributed by atoms with Crippen LogP contribution >= 0.6 is 11.8 Å². The molecule has 0 aliphatic carbocycles. The van der Waals surface area contributed by atoms with Gasteiger partial charge in [-0.05, 0) is 39.0 Å². The molecule has 28 heavy (non-hydrogen) atoms. The van der Waals surface area contributed by atoms with Gasteiger partial charge in [-0.3, -0.25) is 4.79 Å². The van der Waals surface area contributed by atoms with Crippen LogP contribution in [-0.4, -0.2) is 18.2 Å². The Kier molecular flexibility index (Phi) is 6.41. The smallest absolute Gasteiger partial charge is 0.252 e. The van der Waals surface area contributed by atoms with Crippen LogP contribution in [0, 0.1) is 13.8 Å². The Balaban J connectivity index is 1.75. The summed E-state index contributed by atoms with van der Waals surface area (Å²) in [5.74, 6) is 2.05. The number of hydrogen-bond donors (Lipinski definition) is 1. The lowest BCUT2D eigenvalue weighted by atomic mass is 10.0. The van der Waals surface area contributed by atoms with Gasteiger partial charge in [0.05, 0.1) is 30.2 Å². The first-order valence-corrected chi connectivity index (χ1v) is 10.1. The average Bonchev–Trinajstić information content (AvgIpc) is 3.11. The summed E-state index contributed by atoms with van der Waals surface area (Å²) in [6.07, 6.45) is 0. The SMILES string of the molecule is COc1ccc(C)cc1C(C)NC(=O)c1ccccc1SCc1cc(C)no1. The molecular formula is C22H24N2O3S. The van der Waals surface area contributed by atoms with Crippen LogP contribution in [0.5, 0.6) is 5.75 Å². The fourth-order valence-corrected chi connectivity index (χ4v) is 3.88. The number of thioether (sulfide) groups is 1. The Morgan fingerprint density at radius 3 is 2.71 bits per heavy atom. The van der Waals surface area contributed by atoms with Crippen molar-refractivity contribution in [3.8, 4) is 5.75 Å². The molecule has 1 heterocycles. The predicted molar refractivity (Wildman–Crippen MR) is 111 cm³/mol. The first-order chi connectivity index (χ1) is 13.5. The number of aryl methyl sites for hydroxylation is 2. The third-order valence-electron chi connectivity index (χ3n) is 4.38. The van der Waals surface area contributed by atoms with E-state index >= 15 is 0 Å². The summed E-state index contributed by atoms with van der Waals surface area (Å²) in [6.45, 7) is 5.87. The summed E-state index contributed by atoms with van der Waals surface area (Å²) >= 11 is 1.56. The Morgan fingerprint density at radius 2 is 2.00 bits per heavy atom. The number of amides is 1. The fraction of sp³-hybridized carbons (Fsp3) is 0.273. The summed E-state index contributed by atoms with van der Waals surface area (Å²) in [7, 11) is 1.64. The van der Waals surface area contributed by atoms with Gasteiger partial charge < -0.3 is 14.6 Å². The second kappa shape index (κ2) is 8.97. The van der Waals surface area contributed by atoms with E-state index in [1.54, 1.807) is 18.9 Å². The quantitative estimate of drug-likeness (QED) is 0.564. The number of hydrogen-bond acceptors (Lipinski definition) is 5. The minimum absolute atomic E-state index is 0.118. The molecule has 0 radical (unpaired) electrons. The van der Waals surface area contributed by atoms with Crippen LogP contribution < -0.4 is 10.1 Å². The van der Waals surface area contributed by atoms with Crippen LogP contribution in [-0.2, 0) is 5.75 Å². The summed E-state index contributed by atoms with van der Waals surface area (Å²) in [6, 6.07) is 15.3. The molecule has 1 atom stereocenters. The van der Waals surface area contributed by atoms with Crippen LogP contribution in [0.15, 0.2) is 57.9 Å². The highest BCUT2D eigenvalue weighted by atomic mass is 32.2. The molecule has 0 fully saturated rings. The minimum Gasteiger partial charge on any atom is -0.496 e. The highest BCUT2D eigenvalue weighted by Crippen LogP contribution is 2.29. The second-order valence-electron chi connectivity index (χ2n) is 6.66. The normalized spacial score (nSPS) is 11.9. The highest BCUT2D eigenvalue weighted by molar-refractivity contribution is 7.98. The molecule has 0 saturated heterocycles. The number of nitrogens with one attached hydrogen (secondary N) is 1. The monoisotopic (exact) mass is 396 g/mol. The zero-order valence-corrected chi connectivity index (χ0v) is 17.3. The van der Waals surface area contributed by atoms with Crippen LogP contribution in [0.1, 0.15) is 45.9 Å². The maximum Gasteiger partial charge on any atom is 0.252 e. The highest BCUT2D eigenvalue weighted by Gasteiger charge is 2.18. The second-order valence-corrected chi connectivity index (χ2v) is 7.68. The first-order valence-electron chi connectivity index (χ1n) is 9.07. The number of aromatic nitrogens is 1. The largest absolute Gasteiger partial charge is 0.496 e. The maximum atomic E-state index is 12.9. The molecule has 0 aliphatic rings. The number of benzene rings is 2. The number of rotatable bonds is 7. The first kappa shape index (κ1) is 20.0. The lowest BCUT2D eigenvalue weighted by molar-refractivity contribution is 0.0936. The Bertz CT molecular complexity index is 968. The van der Waals surface area contributed by atoms with E-state index in [1.165, 1.54) is 0 Å². The van der Waals surface area contributed by atoms with E-state index in [4.69, 9.17) is 9.26 Å². The standard InChI is InChI=1S/C22H24N2O3S/c1-14-9-10-20(26-4)19(11-14)16(3)23-22(25)18-7-5-6-8-21(18)28-13-17-12-15(2)24-27-17/h5-12,16H,13H2,1-4H3,(H,23,25). The van der Waals surface area contributed by atoms with Crippen molar-refractivity contribution in [2.45, 2.75) is 37.5 Å². The van der Waals surface area contributed by atoms with Gasteiger partial charge in [0.15, 0.2) is 0 Å². The molecule has 3 rings (SSSR count). The van der Waals surface area contributed by atoms with E-state index in [2.05, 4.69) is 10.5 Å². The molecule has 3 aromatic rings. The van der Waals surface area contributed by atoms with Crippen LogP contribution in [0.2, 0.25) is 0 Å². The van der Waals surface area contributed by atoms with Gasteiger partial charge in [0.1, 0.15) is 11.5 Å². The van der Waals surface area contributed by atoms with Crippen molar-refractivity contribution in [2.24, 2.45) is 0 Å². The molecule has 1 N–H and O–H groups in total. The van der Waals surface area contributed by atoms with E-state index < -0.39 is 0 Å². The molecule has 2 aromatic carbocycles. The summed E-state index contributed by atoms with van der Waals surface area (Å²) in [5.41, 5.74) is 3.57. The van der Waals surface area contributed by atoms with E-state index in [0.29, 0.717) is 11.3 Å². The molecule has 0 bridgehead atoms. The molecule has 0 aliphatic heterocycles. The number of ether oxygens (including phenoxy) is 1. The zero-order chi connectivity index (χ0) is 20.1. The van der Waals surface area contributed by atoms with Crippen molar-refractivity contribution >= 4 is 17.7 Å². The molecule has 0 spiro atoms. The molecule has 1 aromatic heterocycles. The van der Waals surface area contributed by atoms with Gasteiger partial charge in [-0.15, -0.1) is 11.8 Å². The van der Waals surface area contributed by atoms with Crippen LogP contribution in [0.3, 0.4) is 0 Å². The van der Waals surface area contributed by atoms with E-state index in [9.17, 15) is 4.79 Å². The summed E-state index contributed by atoms with van der Waals surface area (Å²) < 4.78 is 10.7. The Labute approximate surface area is 169 Å². The van der Waals surface area contributed by atoms with Gasteiger partial charge in [-0.1, -0.05) is 35.0 Å². The lowest BCUT2D eigenvalue weighted by Crippen LogP contribution is -2.27. The molecule has 5 nitrogen and oxygen atoms in total. The van der Waals surface area contributed by atoms with Crippen LogP contribution in [0.25, 0.3) is 0 Å². The molecule has 146 valence electrons. The van der Waals surface area contributed by atoms with Gasteiger partial charge in [-0.2, -0.15) is 0 Å². The van der Waals surface area contributed by atoms with Crippen molar-refractivity contribution < 1.29 is 14.1 Å². The topological polar surface area (TPSA) is 64.4 Å². The van der Waals surface area contributed by atoms with Gasteiger partial charge in [0.2, 0.25) is 0 Å². The zero-order valence-electron chi connectivity index (χ0n) is 16.5. The Hall–Kier alpha value is -2.73. The van der Waals surface area contributed by atoms with Gasteiger partial charge in [0, 0.05) is 16.5 Å². The number of methoxy groups -OCH3 is 1. The van der Waals surface area contributed by atoms with Crippen LogP contribution in [0.4, 0.5) is 0 Å². The van der Waals surface area contributed by atoms with E-state index in [1.807, 2.05) is 69.3 Å². The van der Waals surface area contributed by atoms with Crippen molar-refractivity contribution in [1.82, 2.24) is 10.5 Å². The van der Waals surface area contributed by atoms with E-state index in [-0.39, 0.29) is 11.9 Å². The van der Waals surface area contributed by atoms with Gasteiger partial charge in [-0.25, -0.2) is 0 Å². The molecular weight excluding hydrogens is 372 g/mol. The van der Waals surface area contributed by atoms with Crippen molar-refractivity contribution in [3.63, 3.8) is 0 Å². The molecule has 1 amide bonds. The molecule has 1 unspecified atom stereocenters. The lowest BCUT2D eigenvalue weighted by Gasteiger charge is -2.19. The Morgan fingerprint density at radius 1 is 1.21 bits per heavy atom. The molecule has 0 saturated carbocycles.